The number of sulfonamides is 1. The fourth-order valence-corrected chi connectivity index (χ4v) is 7.79. The summed E-state index contributed by atoms with van der Waals surface area (Å²) in [6, 6.07) is 12.0. The van der Waals surface area contributed by atoms with Crippen molar-refractivity contribution in [3.63, 3.8) is 0 Å². The van der Waals surface area contributed by atoms with Crippen molar-refractivity contribution in [2.45, 2.75) is 44.0 Å². The number of thiazole rings is 1. The van der Waals surface area contributed by atoms with Crippen LogP contribution in [0.3, 0.4) is 0 Å². The molecule has 2 N–H and O–H groups in total. The van der Waals surface area contributed by atoms with Crippen LogP contribution in [0.25, 0.3) is 10.2 Å². The maximum Gasteiger partial charge on any atom is 0.243 e. The number of para-hydroxylation sites is 2. The molecule has 210 valence electrons. The van der Waals surface area contributed by atoms with Crippen LogP contribution >= 0.6 is 11.3 Å². The first-order chi connectivity index (χ1) is 18.6. The normalized spacial score (nSPS) is 18.5. The van der Waals surface area contributed by atoms with Gasteiger partial charge in [-0.2, -0.15) is 4.72 Å². The Balaban J connectivity index is 1.40. The minimum Gasteiger partial charge on any atom is -0.383 e. The molecule has 0 spiro atoms. The van der Waals surface area contributed by atoms with E-state index < -0.39 is 16.1 Å². The van der Waals surface area contributed by atoms with Gasteiger partial charge in [-0.3, -0.25) is 14.1 Å². The molecule has 2 aliphatic rings. The lowest BCUT2D eigenvalue weighted by atomic mass is 9.82. The number of alkyl halides is 1. The van der Waals surface area contributed by atoms with Gasteiger partial charge in [-0.05, 0) is 42.0 Å². The summed E-state index contributed by atoms with van der Waals surface area (Å²) in [5.41, 5.74) is 2.40. The quantitative estimate of drug-likeness (QED) is 0.406. The summed E-state index contributed by atoms with van der Waals surface area (Å²) in [7, 11) is -4.03. The Morgan fingerprint density at radius 3 is 2.67 bits per heavy atom. The Hall–Kier alpha value is -2.60. The lowest BCUT2D eigenvalue weighted by Crippen LogP contribution is -2.55. The van der Waals surface area contributed by atoms with Gasteiger partial charge in [-0.1, -0.05) is 38.1 Å². The minimum atomic E-state index is -4.03. The van der Waals surface area contributed by atoms with Crippen molar-refractivity contribution >= 4 is 43.2 Å². The van der Waals surface area contributed by atoms with Crippen molar-refractivity contribution in [2.75, 3.05) is 51.3 Å². The first-order valence-corrected chi connectivity index (χ1v) is 15.7. The number of nitrogens with zero attached hydrogens (tertiary/aromatic N) is 3. The van der Waals surface area contributed by atoms with Crippen LogP contribution < -0.4 is 10.0 Å². The van der Waals surface area contributed by atoms with Gasteiger partial charge < -0.3 is 10.2 Å². The third-order valence-corrected chi connectivity index (χ3v) is 9.99. The molecule has 5 rings (SSSR count). The summed E-state index contributed by atoms with van der Waals surface area (Å²) in [5, 5.41) is 4.03. The molecular weight excluding hydrogens is 537 g/mol. The Bertz CT molecular complexity index is 1400. The van der Waals surface area contributed by atoms with E-state index >= 15 is 0 Å². The lowest BCUT2D eigenvalue weighted by Gasteiger charge is -2.36. The van der Waals surface area contributed by atoms with Gasteiger partial charge in [0.15, 0.2) is 0 Å². The number of amides is 1. The number of fused-ring (bicyclic) bond motifs is 2. The molecule has 11 heteroatoms. The molecular formula is C28H36FN5O3S2. The smallest absolute Gasteiger partial charge is 0.243 e. The number of rotatable bonds is 9. The SMILES string of the molecule is CC1(C)CNc2c(cccc2S(=O)(=O)N[C@@H](Cc2nc3ccccc3s2)C(=O)N2CCN(CCCF)CC2)C1. The standard InChI is InChI=1S/C28H36FN5O3S2/c1-28(2)18-20-7-5-10-24(26(20)30-19-28)39(36,37)32-22(17-25-31-21-8-3-4-9-23(21)38-25)27(35)34-15-13-33(14-16-34)12-6-11-29/h3-5,7-10,22,30,32H,6,11-19H2,1-2H3/t22-/m0/s1. The van der Waals surface area contributed by atoms with Gasteiger partial charge in [0.2, 0.25) is 15.9 Å². The van der Waals surface area contributed by atoms with Gasteiger partial charge in [0.05, 0.1) is 27.6 Å². The van der Waals surface area contributed by atoms with E-state index in [1.54, 1.807) is 17.0 Å². The Labute approximate surface area is 233 Å². The summed E-state index contributed by atoms with van der Waals surface area (Å²) in [4.78, 5) is 22.5. The number of carbonyl (C=O) groups excluding carboxylic acids is 1. The summed E-state index contributed by atoms with van der Waals surface area (Å²) < 4.78 is 44.0. The second-order valence-corrected chi connectivity index (χ2v) is 13.9. The molecule has 3 aromatic rings. The summed E-state index contributed by atoms with van der Waals surface area (Å²) in [5.74, 6) is -0.262. The molecule has 1 amide bonds. The maximum atomic E-state index is 13.8. The van der Waals surface area contributed by atoms with Crippen LogP contribution in [-0.2, 0) is 27.7 Å². The van der Waals surface area contributed by atoms with Crippen LogP contribution in [0.2, 0.25) is 0 Å². The van der Waals surface area contributed by atoms with E-state index in [1.165, 1.54) is 11.3 Å². The molecule has 1 aromatic heterocycles. The highest BCUT2D eigenvalue weighted by molar-refractivity contribution is 7.89. The van der Waals surface area contributed by atoms with Crippen molar-refractivity contribution in [3.05, 3.63) is 53.0 Å². The van der Waals surface area contributed by atoms with E-state index in [0.29, 0.717) is 56.4 Å². The Morgan fingerprint density at radius 2 is 1.92 bits per heavy atom. The molecule has 0 aliphatic carbocycles. The highest BCUT2D eigenvalue weighted by Crippen LogP contribution is 2.36. The molecule has 3 heterocycles. The van der Waals surface area contributed by atoms with Crippen LogP contribution in [0.1, 0.15) is 30.8 Å². The lowest BCUT2D eigenvalue weighted by molar-refractivity contribution is -0.134. The van der Waals surface area contributed by atoms with Crippen molar-refractivity contribution in [3.8, 4) is 0 Å². The van der Waals surface area contributed by atoms with Gasteiger partial charge in [0.1, 0.15) is 10.9 Å². The van der Waals surface area contributed by atoms with Crippen molar-refractivity contribution < 1.29 is 17.6 Å². The number of nitrogens with one attached hydrogen (secondary N) is 2. The fourth-order valence-electron chi connectivity index (χ4n) is 5.36. The molecule has 8 nitrogen and oxygen atoms in total. The maximum absolute atomic E-state index is 13.8. The van der Waals surface area contributed by atoms with Gasteiger partial charge in [0.25, 0.3) is 0 Å². The van der Waals surface area contributed by atoms with Gasteiger partial charge in [0, 0.05) is 45.7 Å². The fraction of sp³-hybridized carbons (Fsp3) is 0.500. The molecule has 1 atom stereocenters. The van der Waals surface area contributed by atoms with E-state index in [9.17, 15) is 17.6 Å². The number of benzene rings is 2. The second-order valence-electron chi connectivity index (χ2n) is 11.1. The number of piperazine rings is 1. The number of carbonyl (C=O) groups is 1. The third kappa shape index (κ3) is 6.42. The van der Waals surface area contributed by atoms with Crippen LogP contribution in [0.15, 0.2) is 47.4 Å². The third-order valence-electron chi connectivity index (χ3n) is 7.42. The van der Waals surface area contributed by atoms with E-state index in [1.807, 2.05) is 30.3 Å². The number of aromatic nitrogens is 1. The number of halogens is 1. The van der Waals surface area contributed by atoms with E-state index in [-0.39, 0.29) is 29.3 Å². The zero-order valence-electron chi connectivity index (χ0n) is 22.5. The van der Waals surface area contributed by atoms with Gasteiger partial charge in [-0.25, -0.2) is 13.4 Å². The van der Waals surface area contributed by atoms with Crippen LogP contribution in [0, 0.1) is 5.41 Å². The van der Waals surface area contributed by atoms with Crippen molar-refractivity contribution in [1.82, 2.24) is 19.5 Å². The number of hydrogen-bond donors (Lipinski definition) is 2. The number of anilines is 1. The molecule has 0 unspecified atom stereocenters. The molecule has 1 saturated heterocycles. The first-order valence-electron chi connectivity index (χ1n) is 13.4. The monoisotopic (exact) mass is 573 g/mol. The number of hydrogen-bond acceptors (Lipinski definition) is 7. The summed E-state index contributed by atoms with van der Waals surface area (Å²) in [6.45, 7) is 7.47. The molecule has 0 saturated carbocycles. The molecule has 1 fully saturated rings. The Kier molecular flexibility index (Phi) is 8.23. The zero-order chi connectivity index (χ0) is 27.6. The van der Waals surface area contributed by atoms with Crippen LogP contribution in [0.4, 0.5) is 10.1 Å². The average molecular weight is 574 g/mol. The summed E-state index contributed by atoms with van der Waals surface area (Å²) in [6.07, 6.45) is 1.40. The van der Waals surface area contributed by atoms with E-state index in [0.717, 1.165) is 22.2 Å². The van der Waals surface area contributed by atoms with Gasteiger partial charge >= 0.3 is 0 Å². The predicted molar refractivity (Wildman–Crippen MR) is 153 cm³/mol. The average Bonchev–Trinajstić information content (AvgIpc) is 3.32. The second kappa shape index (κ2) is 11.5. The molecule has 39 heavy (non-hydrogen) atoms. The van der Waals surface area contributed by atoms with E-state index in [2.05, 4.69) is 33.8 Å². The van der Waals surface area contributed by atoms with Crippen molar-refractivity contribution in [2.24, 2.45) is 5.41 Å². The largest absolute Gasteiger partial charge is 0.383 e. The molecule has 2 aromatic carbocycles. The topological polar surface area (TPSA) is 94.6 Å². The van der Waals surface area contributed by atoms with E-state index in [4.69, 9.17) is 0 Å². The zero-order valence-corrected chi connectivity index (χ0v) is 24.1. The molecule has 2 aliphatic heterocycles. The predicted octanol–water partition coefficient (Wildman–Crippen LogP) is 3.68. The summed E-state index contributed by atoms with van der Waals surface area (Å²) >= 11 is 1.47. The van der Waals surface area contributed by atoms with Crippen molar-refractivity contribution in [1.29, 1.82) is 0 Å². The molecule has 0 radical (unpaired) electrons. The van der Waals surface area contributed by atoms with Crippen LogP contribution in [0.5, 0.6) is 0 Å². The highest BCUT2D eigenvalue weighted by atomic mass is 32.2. The highest BCUT2D eigenvalue weighted by Gasteiger charge is 2.35. The first kappa shape index (κ1) is 27.9. The minimum absolute atomic E-state index is 0.0144. The van der Waals surface area contributed by atoms with Crippen LogP contribution in [-0.4, -0.2) is 81.1 Å². The Morgan fingerprint density at radius 1 is 1.15 bits per heavy atom. The van der Waals surface area contributed by atoms with Gasteiger partial charge in [-0.15, -0.1) is 11.3 Å². The molecule has 0 bridgehead atoms.